The van der Waals surface area contributed by atoms with Gasteiger partial charge in [-0.2, -0.15) is 0 Å². The fourth-order valence-electron chi connectivity index (χ4n) is 2.45. The highest BCUT2D eigenvalue weighted by atomic mass is 16.5. The molecule has 0 aliphatic heterocycles. The van der Waals surface area contributed by atoms with Gasteiger partial charge in [0, 0.05) is 12.2 Å². The second kappa shape index (κ2) is 8.02. The molecule has 4 heteroatoms. The Morgan fingerprint density at radius 3 is 2.04 bits per heavy atom. The van der Waals surface area contributed by atoms with E-state index in [-0.39, 0.29) is 12.3 Å². The molecule has 0 saturated carbocycles. The zero-order chi connectivity index (χ0) is 17.5. The Kier molecular flexibility index (Phi) is 5.32. The minimum Gasteiger partial charge on any atom is -0.457 e. The lowest BCUT2D eigenvalue weighted by Crippen LogP contribution is -2.13. The van der Waals surface area contributed by atoms with Crippen LogP contribution >= 0.6 is 0 Å². The molecule has 3 N–H and O–H groups in total. The van der Waals surface area contributed by atoms with E-state index in [0.29, 0.717) is 6.54 Å². The number of nitrogens with two attached hydrogens (primary N) is 1. The van der Waals surface area contributed by atoms with Gasteiger partial charge in [0.1, 0.15) is 11.5 Å². The monoisotopic (exact) mass is 332 g/mol. The first-order chi connectivity index (χ1) is 12.2. The third-order valence-electron chi connectivity index (χ3n) is 3.73. The Morgan fingerprint density at radius 2 is 1.40 bits per heavy atom. The molecule has 0 radical (unpaired) electrons. The van der Waals surface area contributed by atoms with Gasteiger partial charge in [-0.05, 0) is 47.5 Å². The lowest BCUT2D eigenvalue weighted by atomic mass is 10.1. The molecular weight excluding hydrogens is 312 g/mol. The maximum atomic E-state index is 10.9. The smallest absolute Gasteiger partial charge is 0.221 e. The standard InChI is InChI=1S/C21H20N2O2/c22-21(24)14-16-6-10-18(11-7-16)23-15-17-8-12-20(13-9-17)25-19-4-2-1-3-5-19/h1-13,23H,14-15H2,(H2,22,24). The van der Waals surface area contributed by atoms with Gasteiger partial charge in [0.25, 0.3) is 0 Å². The largest absolute Gasteiger partial charge is 0.457 e. The highest BCUT2D eigenvalue weighted by Crippen LogP contribution is 2.21. The summed E-state index contributed by atoms with van der Waals surface area (Å²) in [4.78, 5) is 10.9. The topological polar surface area (TPSA) is 64.4 Å². The maximum Gasteiger partial charge on any atom is 0.221 e. The number of hydrogen-bond donors (Lipinski definition) is 2. The van der Waals surface area contributed by atoms with Gasteiger partial charge >= 0.3 is 0 Å². The van der Waals surface area contributed by atoms with E-state index >= 15 is 0 Å². The molecule has 0 bridgehead atoms. The molecule has 4 nitrogen and oxygen atoms in total. The number of ether oxygens (including phenoxy) is 1. The van der Waals surface area contributed by atoms with Crippen LogP contribution in [0, 0.1) is 0 Å². The van der Waals surface area contributed by atoms with Gasteiger partial charge in [0.05, 0.1) is 6.42 Å². The van der Waals surface area contributed by atoms with E-state index in [4.69, 9.17) is 10.5 Å². The van der Waals surface area contributed by atoms with Crippen LogP contribution in [0.2, 0.25) is 0 Å². The first-order valence-electron chi connectivity index (χ1n) is 8.12. The van der Waals surface area contributed by atoms with Crippen LogP contribution in [0.25, 0.3) is 0 Å². The van der Waals surface area contributed by atoms with Gasteiger partial charge in [0.2, 0.25) is 5.91 Å². The SMILES string of the molecule is NC(=O)Cc1ccc(NCc2ccc(Oc3ccccc3)cc2)cc1. The number of rotatable bonds is 7. The van der Waals surface area contributed by atoms with Crippen LogP contribution in [-0.4, -0.2) is 5.91 Å². The number of carbonyl (C=O) groups is 1. The fourth-order valence-corrected chi connectivity index (χ4v) is 2.45. The number of nitrogens with one attached hydrogen (secondary N) is 1. The van der Waals surface area contributed by atoms with Crippen LogP contribution in [0.5, 0.6) is 11.5 Å². The molecule has 1 amide bonds. The first-order valence-corrected chi connectivity index (χ1v) is 8.12. The number of para-hydroxylation sites is 1. The first kappa shape index (κ1) is 16.6. The summed E-state index contributed by atoms with van der Waals surface area (Å²) in [5.74, 6) is 1.31. The maximum absolute atomic E-state index is 10.9. The number of amides is 1. The fraction of sp³-hybridized carbons (Fsp3) is 0.0952. The van der Waals surface area contributed by atoms with Crippen molar-refractivity contribution < 1.29 is 9.53 Å². The van der Waals surface area contributed by atoms with E-state index in [1.54, 1.807) is 0 Å². The van der Waals surface area contributed by atoms with Crippen LogP contribution in [0.4, 0.5) is 5.69 Å². The molecule has 0 atom stereocenters. The minimum atomic E-state index is -0.321. The normalized spacial score (nSPS) is 10.2. The lowest BCUT2D eigenvalue weighted by Gasteiger charge is -2.09. The summed E-state index contributed by atoms with van der Waals surface area (Å²) in [6.45, 7) is 0.709. The molecule has 0 aromatic heterocycles. The lowest BCUT2D eigenvalue weighted by molar-refractivity contribution is -0.117. The molecule has 0 unspecified atom stereocenters. The average Bonchev–Trinajstić information content (AvgIpc) is 2.63. The van der Waals surface area contributed by atoms with Crippen molar-refractivity contribution in [3.05, 3.63) is 90.0 Å². The van der Waals surface area contributed by atoms with E-state index in [1.807, 2.05) is 78.9 Å². The Hall–Kier alpha value is -3.27. The molecule has 0 spiro atoms. The number of carbonyl (C=O) groups excluding carboxylic acids is 1. The molecule has 0 fully saturated rings. The summed E-state index contributed by atoms with van der Waals surface area (Å²) >= 11 is 0. The zero-order valence-corrected chi connectivity index (χ0v) is 13.8. The molecule has 0 saturated heterocycles. The number of hydrogen-bond acceptors (Lipinski definition) is 3. The minimum absolute atomic E-state index is 0.267. The third kappa shape index (κ3) is 5.11. The predicted octanol–water partition coefficient (Wildman–Crippen LogP) is 4.12. The quantitative estimate of drug-likeness (QED) is 0.684. The van der Waals surface area contributed by atoms with Gasteiger partial charge in [-0.25, -0.2) is 0 Å². The molecule has 0 aliphatic rings. The van der Waals surface area contributed by atoms with Crippen LogP contribution in [-0.2, 0) is 17.8 Å². The van der Waals surface area contributed by atoms with E-state index in [1.165, 1.54) is 0 Å². The highest BCUT2D eigenvalue weighted by Gasteiger charge is 2.00. The predicted molar refractivity (Wildman–Crippen MR) is 99.6 cm³/mol. The summed E-state index contributed by atoms with van der Waals surface area (Å²) in [6, 6.07) is 25.4. The Labute approximate surface area is 147 Å². The van der Waals surface area contributed by atoms with Crippen LogP contribution < -0.4 is 15.8 Å². The second-order valence-corrected chi connectivity index (χ2v) is 5.75. The number of benzene rings is 3. The molecular formula is C21H20N2O2. The summed E-state index contributed by atoms with van der Waals surface area (Å²) < 4.78 is 5.78. The van der Waals surface area contributed by atoms with Gasteiger partial charge in [-0.3, -0.25) is 4.79 Å². The van der Waals surface area contributed by atoms with E-state index < -0.39 is 0 Å². The number of anilines is 1. The van der Waals surface area contributed by atoms with Crippen molar-refractivity contribution in [1.82, 2.24) is 0 Å². The van der Waals surface area contributed by atoms with E-state index in [9.17, 15) is 4.79 Å². The highest BCUT2D eigenvalue weighted by molar-refractivity contribution is 5.76. The van der Waals surface area contributed by atoms with Crippen molar-refractivity contribution in [1.29, 1.82) is 0 Å². The molecule has 3 aromatic rings. The van der Waals surface area contributed by atoms with Crippen molar-refractivity contribution in [2.45, 2.75) is 13.0 Å². The molecule has 3 aromatic carbocycles. The van der Waals surface area contributed by atoms with Crippen molar-refractivity contribution >= 4 is 11.6 Å². The molecule has 25 heavy (non-hydrogen) atoms. The Bertz CT molecular complexity index is 813. The van der Waals surface area contributed by atoms with Gasteiger partial charge in [-0.15, -0.1) is 0 Å². The van der Waals surface area contributed by atoms with Gasteiger partial charge < -0.3 is 15.8 Å². The average molecular weight is 332 g/mol. The zero-order valence-electron chi connectivity index (χ0n) is 13.8. The van der Waals surface area contributed by atoms with Crippen molar-refractivity contribution in [2.75, 3.05) is 5.32 Å². The molecule has 3 rings (SSSR count). The van der Waals surface area contributed by atoms with E-state index in [2.05, 4.69) is 5.32 Å². The van der Waals surface area contributed by atoms with Crippen LogP contribution in [0.15, 0.2) is 78.9 Å². The summed E-state index contributed by atoms with van der Waals surface area (Å²) in [7, 11) is 0. The molecule has 0 aliphatic carbocycles. The Balaban J connectivity index is 1.54. The van der Waals surface area contributed by atoms with Gasteiger partial charge in [-0.1, -0.05) is 42.5 Å². The Morgan fingerprint density at radius 1 is 0.800 bits per heavy atom. The number of primary amides is 1. The van der Waals surface area contributed by atoms with Crippen molar-refractivity contribution in [3.63, 3.8) is 0 Å². The van der Waals surface area contributed by atoms with Crippen LogP contribution in [0.1, 0.15) is 11.1 Å². The third-order valence-corrected chi connectivity index (χ3v) is 3.73. The van der Waals surface area contributed by atoms with Crippen molar-refractivity contribution in [2.24, 2.45) is 5.73 Å². The molecule has 0 heterocycles. The van der Waals surface area contributed by atoms with E-state index in [0.717, 1.165) is 28.3 Å². The summed E-state index contributed by atoms with van der Waals surface area (Å²) in [6.07, 6.45) is 0.267. The molecule has 126 valence electrons. The van der Waals surface area contributed by atoms with Gasteiger partial charge in [0.15, 0.2) is 0 Å². The van der Waals surface area contributed by atoms with Crippen molar-refractivity contribution in [3.8, 4) is 11.5 Å². The van der Waals surface area contributed by atoms with Crippen LogP contribution in [0.3, 0.4) is 0 Å². The summed E-state index contributed by atoms with van der Waals surface area (Å²) in [5.41, 5.74) is 8.26. The second-order valence-electron chi connectivity index (χ2n) is 5.75. The summed E-state index contributed by atoms with van der Waals surface area (Å²) in [5, 5.41) is 3.35.